The first-order valence-corrected chi connectivity index (χ1v) is 9.80. The number of rotatable bonds is 9. The van der Waals surface area contributed by atoms with Gasteiger partial charge in [0.2, 0.25) is 0 Å². The van der Waals surface area contributed by atoms with Crippen molar-refractivity contribution in [2.75, 3.05) is 6.54 Å². The second-order valence-corrected chi connectivity index (χ2v) is 7.71. The Morgan fingerprint density at radius 2 is 1.07 bits per heavy atom. The molecule has 3 aromatic rings. The molecule has 0 aromatic carbocycles. The molecular weight excluding hydrogens is 355 g/mol. The summed E-state index contributed by atoms with van der Waals surface area (Å²) in [5.74, 6) is 2.45. The number of aromatic nitrogens is 6. The van der Waals surface area contributed by atoms with E-state index < -0.39 is 0 Å². The molecule has 1 atom stereocenters. The summed E-state index contributed by atoms with van der Waals surface area (Å²) in [5.41, 5.74) is 0. The van der Waals surface area contributed by atoms with Gasteiger partial charge in [-0.15, -0.1) is 0 Å². The van der Waals surface area contributed by atoms with Gasteiger partial charge in [0.1, 0.15) is 17.5 Å². The Bertz CT molecular complexity index is 749. The minimum absolute atomic E-state index is 0.277. The maximum atomic E-state index is 4.37. The molecule has 3 heterocycles. The minimum atomic E-state index is 0.277. The van der Waals surface area contributed by atoms with Gasteiger partial charge in [-0.2, -0.15) is 0 Å². The third-order valence-electron chi connectivity index (χ3n) is 4.16. The highest BCUT2D eigenvalue weighted by Crippen LogP contribution is 2.10. The van der Waals surface area contributed by atoms with Crippen molar-refractivity contribution in [3.8, 4) is 0 Å². The average molecular weight is 378 g/mol. The summed E-state index contributed by atoms with van der Waals surface area (Å²) in [7, 11) is 0. The van der Waals surface area contributed by atoms with Crippen LogP contribution in [0.3, 0.4) is 0 Å². The lowest BCUT2D eigenvalue weighted by Gasteiger charge is -2.31. The van der Waals surface area contributed by atoms with E-state index in [0.717, 1.165) is 47.1 Å². The maximum absolute atomic E-state index is 4.37. The predicted octanol–water partition coefficient (Wildman–Crippen LogP) is 0.498. The van der Waals surface area contributed by atoms with Gasteiger partial charge in [0.25, 0.3) is 0 Å². The van der Waals surface area contributed by atoms with Crippen molar-refractivity contribution in [2.45, 2.75) is 32.6 Å². The lowest BCUT2D eigenvalue weighted by Crippen LogP contribution is -2.41. The molecule has 8 nitrogen and oxygen atoms in total. The summed E-state index contributed by atoms with van der Waals surface area (Å²) in [5, 5.41) is 0. The molecule has 138 valence electrons. The highest BCUT2D eigenvalue weighted by molar-refractivity contribution is 6.04. The molecule has 0 aliphatic carbocycles. The highest BCUT2D eigenvalue weighted by Gasteiger charge is 2.19. The zero-order valence-electron chi connectivity index (χ0n) is 15.7. The highest BCUT2D eigenvalue weighted by atomic mass is 27.1. The molecule has 1 unspecified atom stereocenters. The SMILES string of the molecule is CC(C[N]([AlH2])Cc1ncccn1)N(Cc1ncccn1)Cc1ncccn1. The first-order valence-electron chi connectivity index (χ1n) is 8.91. The van der Waals surface area contributed by atoms with Gasteiger partial charge in [0.05, 0.1) is 13.1 Å². The quantitative estimate of drug-likeness (QED) is 0.498. The third kappa shape index (κ3) is 6.41. The van der Waals surface area contributed by atoms with E-state index in [0.29, 0.717) is 13.1 Å². The normalized spacial score (nSPS) is 12.4. The van der Waals surface area contributed by atoms with Gasteiger partial charge >= 0.3 is 16.5 Å². The van der Waals surface area contributed by atoms with Gasteiger partial charge in [0, 0.05) is 49.8 Å². The van der Waals surface area contributed by atoms with E-state index in [2.05, 4.69) is 45.6 Å². The smallest absolute Gasteiger partial charge is 0.322 e. The summed E-state index contributed by atoms with van der Waals surface area (Å²) >= 11 is 0.927. The number of hydrogen-bond acceptors (Lipinski definition) is 8. The van der Waals surface area contributed by atoms with Crippen molar-refractivity contribution in [3.63, 3.8) is 0 Å². The first-order chi connectivity index (χ1) is 13.2. The van der Waals surface area contributed by atoms with E-state index >= 15 is 0 Å². The molecule has 0 aliphatic rings. The molecule has 0 N–H and O–H groups in total. The van der Waals surface area contributed by atoms with E-state index in [1.165, 1.54) is 0 Å². The van der Waals surface area contributed by atoms with Crippen LogP contribution in [0.4, 0.5) is 0 Å². The molecule has 27 heavy (non-hydrogen) atoms. The van der Waals surface area contributed by atoms with Crippen LogP contribution >= 0.6 is 0 Å². The maximum Gasteiger partial charge on any atom is 0.322 e. The number of nitrogens with zero attached hydrogens (tertiary/aromatic N) is 8. The van der Waals surface area contributed by atoms with Crippen LogP contribution in [0, 0.1) is 0 Å². The fourth-order valence-electron chi connectivity index (χ4n) is 2.84. The Balaban J connectivity index is 1.66. The van der Waals surface area contributed by atoms with E-state index in [1.807, 2.05) is 18.2 Å². The summed E-state index contributed by atoms with van der Waals surface area (Å²) in [6.45, 7) is 5.18. The molecule has 0 fully saturated rings. The second-order valence-electron chi connectivity index (χ2n) is 6.45. The summed E-state index contributed by atoms with van der Waals surface area (Å²) in [6, 6.07) is 5.78. The van der Waals surface area contributed by atoms with Crippen molar-refractivity contribution in [2.24, 2.45) is 0 Å². The van der Waals surface area contributed by atoms with E-state index in [-0.39, 0.29) is 6.04 Å². The zero-order chi connectivity index (χ0) is 18.9. The van der Waals surface area contributed by atoms with Crippen molar-refractivity contribution in [1.82, 2.24) is 38.7 Å². The molecular formula is C18H23AlN8. The van der Waals surface area contributed by atoms with E-state index in [4.69, 9.17) is 0 Å². The Hall–Kier alpha value is -2.31. The molecule has 0 saturated carbocycles. The van der Waals surface area contributed by atoms with Crippen LogP contribution in [-0.2, 0) is 19.6 Å². The van der Waals surface area contributed by atoms with Crippen molar-refractivity contribution >= 4 is 16.5 Å². The molecule has 9 heteroatoms. The summed E-state index contributed by atoms with van der Waals surface area (Å²) < 4.78 is 2.35. The largest absolute Gasteiger partial charge is 0.383 e. The monoisotopic (exact) mass is 378 g/mol. The Morgan fingerprint density at radius 1 is 0.704 bits per heavy atom. The fraction of sp³-hybridized carbons (Fsp3) is 0.333. The van der Waals surface area contributed by atoms with Crippen molar-refractivity contribution in [1.29, 1.82) is 0 Å². The lowest BCUT2D eigenvalue weighted by molar-refractivity contribution is 0.157. The van der Waals surface area contributed by atoms with Crippen LogP contribution in [-0.4, -0.2) is 67.8 Å². The zero-order valence-corrected chi connectivity index (χ0v) is 17.7. The van der Waals surface area contributed by atoms with Gasteiger partial charge in [-0.05, 0) is 31.7 Å². The average Bonchev–Trinajstić information content (AvgIpc) is 2.70. The molecule has 0 aliphatic heterocycles. The van der Waals surface area contributed by atoms with E-state index in [1.54, 1.807) is 37.2 Å². The molecule has 0 bridgehead atoms. The fourth-order valence-corrected chi connectivity index (χ4v) is 3.65. The molecule has 3 aromatic heterocycles. The number of hydrogen-bond donors (Lipinski definition) is 0. The van der Waals surface area contributed by atoms with Crippen LogP contribution < -0.4 is 0 Å². The van der Waals surface area contributed by atoms with Crippen LogP contribution in [0.15, 0.2) is 55.4 Å². The van der Waals surface area contributed by atoms with Gasteiger partial charge in [-0.25, -0.2) is 29.9 Å². The van der Waals surface area contributed by atoms with Crippen LogP contribution in [0.1, 0.15) is 24.4 Å². The molecule has 0 saturated heterocycles. The van der Waals surface area contributed by atoms with Gasteiger partial charge in [0.15, 0.2) is 0 Å². The van der Waals surface area contributed by atoms with Crippen molar-refractivity contribution < 1.29 is 0 Å². The molecule has 0 spiro atoms. The van der Waals surface area contributed by atoms with Gasteiger partial charge in [-0.1, -0.05) is 0 Å². The van der Waals surface area contributed by atoms with Gasteiger partial charge in [-0.3, -0.25) is 4.90 Å². The van der Waals surface area contributed by atoms with E-state index in [9.17, 15) is 0 Å². The van der Waals surface area contributed by atoms with Crippen LogP contribution in [0.2, 0.25) is 0 Å². The predicted molar refractivity (Wildman–Crippen MR) is 104 cm³/mol. The standard InChI is InChI=1S/C18H21N8.Al.2H/c1-15(11-19-12-16-20-5-2-6-21-16)26(13-17-22-7-3-8-23-17)14-18-24-9-4-10-25-18;;;/h2-10,15H,11-14H2,1H3;;;/q-1;+1;;. The summed E-state index contributed by atoms with van der Waals surface area (Å²) in [4.78, 5) is 28.4. The molecule has 0 radical (unpaired) electrons. The summed E-state index contributed by atoms with van der Waals surface area (Å²) in [6.07, 6.45) is 10.7. The lowest BCUT2D eigenvalue weighted by atomic mass is 10.2. The Morgan fingerprint density at radius 3 is 1.48 bits per heavy atom. The Kier molecular flexibility index (Phi) is 7.30. The van der Waals surface area contributed by atoms with Gasteiger partial charge < -0.3 is 3.88 Å². The van der Waals surface area contributed by atoms with Crippen LogP contribution in [0.25, 0.3) is 0 Å². The van der Waals surface area contributed by atoms with Crippen LogP contribution in [0.5, 0.6) is 0 Å². The topological polar surface area (TPSA) is 83.8 Å². The molecule has 3 rings (SSSR count). The van der Waals surface area contributed by atoms with Crippen molar-refractivity contribution in [3.05, 3.63) is 72.9 Å². The first kappa shape index (κ1) is 19.5. The third-order valence-corrected chi connectivity index (χ3v) is 4.84. The molecule has 0 amide bonds. The minimum Gasteiger partial charge on any atom is -0.383 e. The Labute approximate surface area is 167 Å². The second kappa shape index (κ2) is 10.1.